The second-order valence-electron chi connectivity index (χ2n) is 6.52. The minimum Gasteiger partial charge on any atom is -0.424 e. The minimum atomic E-state index is 0.0429. The van der Waals surface area contributed by atoms with Gasteiger partial charge in [-0.1, -0.05) is 29.8 Å². The molecule has 23 heavy (non-hydrogen) atoms. The smallest absolute Gasteiger partial charge is 0.233 e. The standard InChI is InChI=1S/C18H25N3O2/c1-13-4-6-16(7-5-13)18(8-10-22-11-9-18)12-19-14(2)17-21-20-15(3)23-17/h4-7,14,19H,8-12H2,1-3H3/t14-/m0/s1. The predicted octanol–water partition coefficient (Wildman–Crippen LogP) is 3.09. The Bertz CT molecular complexity index is 630. The second-order valence-corrected chi connectivity index (χ2v) is 6.52. The maximum absolute atomic E-state index is 5.60. The highest BCUT2D eigenvalue weighted by Gasteiger charge is 2.34. The van der Waals surface area contributed by atoms with Crippen molar-refractivity contribution in [3.05, 3.63) is 47.2 Å². The quantitative estimate of drug-likeness (QED) is 0.919. The molecule has 1 aromatic heterocycles. The van der Waals surface area contributed by atoms with Crippen LogP contribution in [-0.4, -0.2) is 30.0 Å². The molecule has 1 fully saturated rings. The van der Waals surface area contributed by atoms with Crippen molar-refractivity contribution in [2.24, 2.45) is 0 Å². The fraction of sp³-hybridized carbons (Fsp3) is 0.556. The highest BCUT2D eigenvalue weighted by molar-refractivity contribution is 5.30. The number of aromatic nitrogens is 2. The van der Waals surface area contributed by atoms with Crippen molar-refractivity contribution in [1.82, 2.24) is 15.5 Å². The summed E-state index contributed by atoms with van der Waals surface area (Å²) in [4.78, 5) is 0. The van der Waals surface area contributed by atoms with Crippen molar-refractivity contribution < 1.29 is 9.15 Å². The van der Waals surface area contributed by atoms with E-state index in [-0.39, 0.29) is 11.5 Å². The summed E-state index contributed by atoms with van der Waals surface area (Å²) in [6.45, 7) is 8.50. The summed E-state index contributed by atoms with van der Waals surface area (Å²) < 4.78 is 11.1. The lowest BCUT2D eigenvalue weighted by Crippen LogP contribution is -2.43. The summed E-state index contributed by atoms with van der Waals surface area (Å²) in [5, 5.41) is 11.6. The van der Waals surface area contributed by atoms with Crippen LogP contribution in [0.25, 0.3) is 0 Å². The van der Waals surface area contributed by atoms with E-state index in [1.165, 1.54) is 11.1 Å². The second kappa shape index (κ2) is 6.81. The monoisotopic (exact) mass is 315 g/mol. The lowest BCUT2D eigenvalue weighted by molar-refractivity contribution is 0.0487. The molecule has 1 N–H and O–H groups in total. The van der Waals surface area contributed by atoms with Gasteiger partial charge in [0.25, 0.3) is 0 Å². The summed E-state index contributed by atoms with van der Waals surface area (Å²) in [6, 6.07) is 8.93. The Balaban J connectivity index is 1.75. The molecule has 0 saturated carbocycles. The van der Waals surface area contributed by atoms with Crippen molar-refractivity contribution >= 4 is 0 Å². The molecule has 2 aromatic rings. The van der Waals surface area contributed by atoms with E-state index < -0.39 is 0 Å². The van der Waals surface area contributed by atoms with Crippen molar-refractivity contribution in [1.29, 1.82) is 0 Å². The molecule has 1 saturated heterocycles. The van der Waals surface area contributed by atoms with Gasteiger partial charge in [0.2, 0.25) is 11.8 Å². The maximum atomic E-state index is 5.60. The molecule has 5 heteroatoms. The molecule has 0 amide bonds. The molecular weight excluding hydrogens is 290 g/mol. The number of hydrogen-bond acceptors (Lipinski definition) is 5. The van der Waals surface area contributed by atoms with Gasteiger partial charge in [-0.15, -0.1) is 10.2 Å². The molecule has 1 aliphatic rings. The first kappa shape index (κ1) is 16.1. The minimum absolute atomic E-state index is 0.0429. The summed E-state index contributed by atoms with van der Waals surface area (Å²) in [5.41, 5.74) is 2.78. The first-order valence-electron chi connectivity index (χ1n) is 8.27. The van der Waals surface area contributed by atoms with Crippen LogP contribution in [0, 0.1) is 13.8 Å². The van der Waals surface area contributed by atoms with E-state index >= 15 is 0 Å². The van der Waals surface area contributed by atoms with Crippen LogP contribution in [0.2, 0.25) is 0 Å². The third kappa shape index (κ3) is 3.62. The lowest BCUT2D eigenvalue weighted by atomic mass is 9.74. The topological polar surface area (TPSA) is 60.2 Å². The lowest BCUT2D eigenvalue weighted by Gasteiger charge is -2.38. The highest BCUT2D eigenvalue weighted by Crippen LogP contribution is 2.35. The van der Waals surface area contributed by atoms with Crippen LogP contribution < -0.4 is 5.32 Å². The van der Waals surface area contributed by atoms with E-state index in [1.54, 1.807) is 0 Å². The van der Waals surface area contributed by atoms with Gasteiger partial charge >= 0.3 is 0 Å². The maximum Gasteiger partial charge on any atom is 0.233 e. The van der Waals surface area contributed by atoms with Gasteiger partial charge < -0.3 is 14.5 Å². The molecule has 1 atom stereocenters. The fourth-order valence-electron chi connectivity index (χ4n) is 3.16. The Labute approximate surface area is 137 Å². The van der Waals surface area contributed by atoms with E-state index in [4.69, 9.17) is 9.15 Å². The number of nitrogens with one attached hydrogen (secondary N) is 1. The first-order chi connectivity index (χ1) is 11.1. The summed E-state index contributed by atoms with van der Waals surface area (Å²) >= 11 is 0. The Hall–Kier alpha value is -1.72. The third-order valence-electron chi connectivity index (χ3n) is 4.77. The van der Waals surface area contributed by atoms with Crippen molar-refractivity contribution in [2.75, 3.05) is 19.8 Å². The van der Waals surface area contributed by atoms with Crippen LogP contribution in [0.1, 0.15) is 48.7 Å². The highest BCUT2D eigenvalue weighted by atomic mass is 16.5. The molecule has 0 spiro atoms. The number of hydrogen-bond donors (Lipinski definition) is 1. The molecular formula is C18H25N3O2. The fourth-order valence-corrected chi connectivity index (χ4v) is 3.16. The Morgan fingerprint density at radius 1 is 1.13 bits per heavy atom. The average Bonchev–Trinajstić information content (AvgIpc) is 3.01. The molecule has 1 aliphatic heterocycles. The third-order valence-corrected chi connectivity index (χ3v) is 4.77. The van der Waals surface area contributed by atoms with Crippen LogP contribution in [0.5, 0.6) is 0 Å². The molecule has 0 aliphatic carbocycles. The molecule has 5 nitrogen and oxygen atoms in total. The Morgan fingerprint density at radius 2 is 1.83 bits per heavy atom. The molecule has 0 unspecified atom stereocenters. The molecule has 124 valence electrons. The molecule has 3 rings (SSSR count). The SMILES string of the molecule is Cc1ccc(C2(CN[C@@H](C)c3nnc(C)o3)CCOCC2)cc1. The molecule has 2 heterocycles. The number of ether oxygens (including phenoxy) is 1. The van der Waals surface area contributed by atoms with Crippen molar-refractivity contribution in [2.45, 2.75) is 45.1 Å². The van der Waals surface area contributed by atoms with Crippen LogP contribution >= 0.6 is 0 Å². The Morgan fingerprint density at radius 3 is 2.43 bits per heavy atom. The van der Waals surface area contributed by atoms with E-state index in [0.29, 0.717) is 11.8 Å². The van der Waals surface area contributed by atoms with E-state index in [9.17, 15) is 0 Å². The summed E-state index contributed by atoms with van der Waals surface area (Å²) in [5.74, 6) is 1.25. The van der Waals surface area contributed by atoms with Gasteiger partial charge in [0.15, 0.2) is 0 Å². The number of rotatable bonds is 5. The van der Waals surface area contributed by atoms with Crippen LogP contribution in [0.15, 0.2) is 28.7 Å². The number of benzene rings is 1. The van der Waals surface area contributed by atoms with Crippen LogP contribution in [0.3, 0.4) is 0 Å². The van der Waals surface area contributed by atoms with Gasteiger partial charge in [0.1, 0.15) is 0 Å². The van der Waals surface area contributed by atoms with Crippen molar-refractivity contribution in [3.8, 4) is 0 Å². The average molecular weight is 315 g/mol. The number of nitrogens with zero attached hydrogens (tertiary/aromatic N) is 2. The van der Waals surface area contributed by atoms with Gasteiger partial charge in [0, 0.05) is 32.1 Å². The largest absolute Gasteiger partial charge is 0.424 e. The van der Waals surface area contributed by atoms with Crippen LogP contribution in [0.4, 0.5) is 0 Å². The zero-order valence-corrected chi connectivity index (χ0v) is 14.1. The summed E-state index contributed by atoms with van der Waals surface area (Å²) in [6.07, 6.45) is 2.05. The van der Waals surface area contributed by atoms with Gasteiger partial charge in [0.05, 0.1) is 6.04 Å². The molecule has 0 bridgehead atoms. The van der Waals surface area contributed by atoms with E-state index in [2.05, 4.69) is 53.6 Å². The first-order valence-corrected chi connectivity index (χ1v) is 8.27. The Kier molecular flexibility index (Phi) is 4.78. The normalized spacial score (nSPS) is 18.7. The predicted molar refractivity (Wildman–Crippen MR) is 88.4 cm³/mol. The van der Waals surface area contributed by atoms with Gasteiger partial charge in [-0.2, -0.15) is 0 Å². The molecule has 1 aromatic carbocycles. The van der Waals surface area contributed by atoms with Crippen molar-refractivity contribution in [3.63, 3.8) is 0 Å². The summed E-state index contributed by atoms with van der Waals surface area (Å²) in [7, 11) is 0. The van der Waals surface area contributed by atoms with Crippen LogP contribution in [-0.2, 0) is 10.2 Å². The zero-order valence-electron chi connectivity index (χ0n) is 14.1. The zero-order chi connectivity index (χ0) is 16.3. The van der Waals surface area contributed by atoms with Gasteiger partial charge in [-0.05, 0) is 32.3 Å². The number of aryl methyl sites for hydroxylation is 2. The van der Waals surface area contributed by atoms with Gasteiger partial charge in [-0.25, -0.2) is 0 Å². The van der Waals surface area contributed by atoms with E-state index in [1.807, 2.05) is 6.92 Å². The van der Waals surface area contributed by atoms with E-state index in [0.717, 1.165) is 32.6 Å². The molecule has 0 radical (unpaired) electrons. The van der Waals surface area contributed by atoms with Gasteiger partial charge in [-0.3, -0.25) is 0 Å².